The molecule has 3 rings (SSSR count). The molecule has 138 valence electrons. The Labute approximate surface area is 158 Å². The van der Waals surface area contributed by atoms with E-state index in [-0.39, 0.29) is 17.1 Å². The van der Waals surface area contributed by atoms with Gasteiger partial charge in [0.05, 0.1) is 17.3 Å². The van der Waals surface area contributed by atoms with Crippen LogP contribution in [-0.2, 0) is 0 Å². The van der Waals surface area contributed by atoms with E-state index in [9.17, 15) is 18.4 Å². The SMILES string of the molecule is N#Cc1ccc(-c2cc(-c3ccc(OC(F)(F)F)cc3)c(C#N)c(N)n2)cc1. The summed E-state index contributed by atoms with van der Waals surface area (Å²) in [4.78, 5) is 4.22. The molecule has 0 atom stereocenters. The van der Waals surface area contributed by atoms with Gasteiger partial charge in [-0.3, -0.25) is 0 Å². The molecule has 28 heavy (non-hydrogen) atoms. The molecular formula is C20H11F3N4O. The maximum absolute atomic E-state index is 12.3. The zero-order valence-electron chi connectivity index (χ0n) is 14.2. The molecule has 1 heterocycles. The van der Waals surface area contributed by atoms with E-state index >= 15 is 0 Å². The van der Waals surface area contributed by atoms with Crippen LogP contribution < -0.4 is 10.5 Å². The minimum absolute atomic E-state index is 0.00465. The van der Waals surface area contributed by atoms with Crippen molar-refractivity contribution in [2.24, 2.45) is 0 Å². The Morgan fingerprint density at radius 1 is 0.893 bits per heavy atom. The summed E-state index contributed by atoms with van der Waals surface area (Å²) >= 11 is 0. The molecule has 0 spiro atoms. The molecule has 0 aliphatic carbocycles. The highest BCUT2D eigenvalue weighted by molar-refractivity contribution is 5.80. The second-order valence-electron chi connectivity index (χ2n) is 5.69. The van der Waals surface area contributed by atoms with Crippen LogP contribution in [0.3, 0.4) is 0 Å². The minimum Gasteiger partial charge on any atom is -0.406 e. The van der Waals surface area contributed by atoms with Crippen molar-refractivity contribution in [2.45, 2.75) is 6.36 Å². The van der Waals surface area contributed by atoms with Crippen molar-refractivity contribution in [3.8, 4) is 40.3 Å². The van der Waals surface area contributed by atoms with Gasteiger partial charge in [0.1, 0.15) is 23.2 Å². The molecule has 0 bridgehead atoms. The summed E-state index contributed by atoms with van der Waals surface area (Å²) < 4.78 is 40.8. The van der Waals surface area contributed by atoms with Crippen molar-refractivity contribution in [3.05, 3.63) is 65.7 Å². The fraction of sp³-hybridized carbons (Fsp3) is 0.0500. The number of rotatable bonds is 3. The van der Waals surface area contributed by atoms with Crippen LogP contribution in [0.4, 0.5) is 19.0 Å². The normalized spacial score (nSPS) is 10.8. The van der Waals surface area contributed by atoms with E-state index in [1.807, 2.05) is 12.1 Å². The maximum atomic E-state index is 12.3. The van der Waals surface area contributed by atoms with E-state index in [0.717, 1.165) is 12.1 Å². The Hall–Kier alpha value is -4.04. The lowest BCUT2D eigenvalue weighted by Gasteiger charge is -2.12. The van der Waals surface area contributed by atoms with E-state index in [0.29, 0.717) is 27.9 Å². The quantitative estimate of drug-likeness (QED) is 0.714. The van der Waals surface area contributed by atoms with Gasteiger partial charge in [0.25, 0.3) is 0 Å². The molecule has 1 aromatic heterocycles. The summed E-state index contributed by atoms with van der Waals surface area (Å²) in [5.74, 6) is -0.376. The van der Waals surface area contributed by atoms with Gasteiger partial charge in [0.15, 0.2) is 0 Å². The van der Waals surface area contributed by atoms with Crippen LogP contribution in [0.25, 0.3) is 22.4 Å². The predicted octanol–water partition coefficient (Wildman–Crippen LogP) is 4.64. The van der Waals surface area contributed by atoms with Crippen LogP contribution in [0.1, 0.15) is 11.1 Å². The Morgan fingerprint density at radius 3 is 2.04 bits per heavy atom. The molecule has 2 aromatic carbocycles. The first-order valence-corrected chi connectivity index (χ1v) is 7.88. The Balaban J connectivity index is 2.05. The number of halogens is 3. The van der Waals surface area contributed by atoms with Gasteiger partial charge in [-0.25, -0.2) is 4.98 Å². The number of benzene rings is 2. The lowest BCUT2D eigenvalue weighted by atomic mass is 9.98. The lowest BCUT2D eigenvalue weighted by molar-refractivity contribution is -0.274. The van der Waals surface area contributed by atoms with Crippen molar-refractivity contribution in [2.75, 3.05) is 5.73 Å². The highest BCUT2D eigenvalue weighted by Gasteiger charge is 2.31. The maximum Gasteiger partial charge on any atom is 0.573 e. The summed E-state index contributed by atoms with van der Waals surface area (Å²) in [6, 6.07) is 17.3. The molecule has 0 saturated heterocycles. The molecule has 0 unspecified atom stereocenters. The summed E-state index contributed by atoms with van der Waals surface area (Å²) in [6.07, 6.45) is -4.79. The molecule has 0 aliphatic rings. The van der Waals surface area contributed by atoms with Crippen LogP contribution in [0.5, 0.6) is 5.75 Å². The Kier molecular flexibility index (Phi) is 4.88. The average Bonchev–Trinajstić information content (AvgIpc) is 2.67. The van der Waals surface area contributed by atoms with E-state index in [2.05, 4.69) is 9.72 Å². The van der Waals surface area contributed by atoms with E-state index < -0.39 is 6.36 Å². The summed E-state index contributed by atoms with van der Waals surface area (Å²) in [6.45, 7) is 0. The molecule has 5 nitrogen and oxygen atoms in total. The molecule has 0 aliphatic heterocycles. The van der Waals surface area contributed by atoms with Crippen molar-refractivity contribution in [1.82, 2.24) is 4.98 Å². The van der Waals surface area contributed by atoms with E-state index in [4.69, 9.17) is 11.0 Å². The summed E-state index contributed by atoms with van der Waals surface area (Å²) in [7, 11) is 0. The highest BCUT2D eigenvalue weighted by atomic mass is 19.4. The number of anilines is 1. The first kappa shape index (κ1) is 18.7. The zero-order chi connectivity index (χ0) is 20.3. The molecule has 0 radical (unpaired) electrons. The van der Waals surface area contributed by atoms with Crippen molar-refractivity contribution in [1.29, 1.82) is 10.5 Å². The topological polar surface area (TPSA) is 95.7 Å². The molecule has 3 aromatic rings. The molecule has 2 N–H and O–H groups in total. The zero-order valence-corrected chi connectivity index (χ0v) is 14.2. The number of hydrogen-bond acceptors (Lipinski definition) is 5. The first-order chi connectivity index (χ1) is 13.3. The number of alkyl halides is 3. The van der Waals surface area contributed by atoms with Gasteiger partial charge in [-0.15, -0.1) is 13.2 Å². The number of hydrogen-bond donors (Lipinski definition) is 1. The fourth-order valence-electron chi connectivity index (χ4n) is 2.61. The van der Waals surface area contributed by atoms with Crippen molar-refractivity contribution >= 4 is 5.82 Å². The number of aromatic nitrogens is 1. The van der Waals surface area contributed by atoms with E-state index in [1.165, 1.54) is 12.1 Å². The third kappa shape index (κ3) is 4.02. The van der Waals surface area contributed by atoms with Gasteiger partial charge in [-0.2, -0.15) is 10.5 Å². The number of nitrogen functional groups attached to an aromatic ring is 1. The lowest BCUT2D eigenvalue weighted by Crippen LogP contribution is -2.16. The molecular weight excluding hydrogens is 369 g/mol. The summed E-state index contributed by atoms with van der Waals surface area (Å²) in [5, 5.41) is 18.3. The molecule has 8 heteroatoms. The Morgan fingerprint density at radius 2 is 1.50 bits per heavy atom. The monoisotopic (exact) mass is 380 g/mol. The molecule has 0 amide bonds. The molecule has 0 saturated carbocycles. The fourth-order valence-corrected chi connectivity index (χ4v) is 2.61. The molecule has 0 fully saturated rings. The minimum atomic E-state index is -4.79. The van der Waals surface area contributed by atoms with Gasteiger partial charge in [0.2, 0.25) is 0 Å². The van der Waals surface area contributed by atoms with Gasteiger partial charge in [-0.1, -0.05) is 24.3 Å². The van der Waals surface area contributed by atoms with Crippen LogP contribution in [0.2, 0.25) is 0 Å². The van der Waals surface area contributed by atoms with Crippen LogP contribution in [0, 0.1) is 22.7 Å². The van der Waals surface area contributed by atoms with Crippen molar-refractivity contribution in [3.63, 3.8) is 0 Å². The van der Waals surface area contributed by atoms with Crippen molar-refractivity contribution < 1.29 is 17.9 Å². The second-order valence-corrected chi connectivity index (χ2v) is 5.69. The van der Waals surface area contributed by atoms with Crippen LogP contribution in [-0.4, -0.2) is 11.3 Å². The number of pyridine rings is 1. The first-order valence-electron chi connectivity index (χ1n) is 7.88. The van der Waals surface area contributed by atoms with Gasteiger partial charge < -0.3 is 10.5 Å². The smallest absolute Gasteiger partial charge is 0.406 e. The van der Waals surface area contributed by atoms with Gasteiger partial charge >= 0.3 is 6.36 Å². The van der Waals surface area contributed by atoms with E-state index in [1.54, 1.807) is 30.3 Å². The number of nitrogens with zero attached hydrogens (tertiary/aromatic N) is 3. The number of nitrogens with two attached hydrogens (primary N) is 1. The number of nitriles is 2. The summed E-state index contributed by atoms with van der Waals surface area (Å²) in [5.41, 5.74) is 8.55. The average molecular weight is 380 g/mol. The standard InChI is InChI=1S/C20H11F3N4O/c21-20(22,23)28-15-7-5-13(6-8-15)16-9-18(27-19(26)17(16)11-25)14-3-1-12(10-24)2-4-14/h1-9H,(H2,26,27). The van der Waals surface area contributed by atoms with Gasteiger partial charge in [-0.05, 0) is 35.9 Å². The third-order valence-corrected chi connectivity index (χ3v) is 3.87. The number of ether oxygens (including phenoxy) is 1. The Bertz CT molecular complexity index is 1090. The second kappa shape index (κ2) is 7.29. The highest BCUT2D eigenvalue weighted by Crippen LogP contribution is 2.33. The third-order valence-electron chi connectivity index (χ3n) is 3.87. The largest absolute Gasteiger partial charge is 0.573 e. The van der Waals surface area contributed by atoms with Crippen LogP contribution >= 0.6 is 0 Å². The van der Waals surface area contributed by atoms with Gasteiger partial charge in [0, 0.05) is 11.1 Å². The predicted molar refractivity (Wildman–Crippen MR) is 95.6 cm³/mol. The van der Waals surface area contributed by atoms with Crippen LogP contribution in [0.15, 0.2) is 54.6 Å².